The molecule has 2 radical (unpaired) electrons. The van der Waals surface area contributed by atoms with Gasteiger partial charge in [-0.2, -0.15) is 0 Å². The Labute approximate surface area is 103 Å². The summed E-state index contributed by atoms with van der Waals surface area (Å²) >= 11 is 0.149. The quantitative estimate of drug-likeness (QED) is 0.559. The van der Waals surface area contributed by atoms with Crippen LogP contribution < -0.4 is 0 Å². The molecule has 0 rings (SSSR count). The third-order valence-electron chi connectivity index (χ3n) is 1.77. The predicted molar refractivity (Wildman–Crippen MR) is 64.5 cm³/mol. The summed E-state index contributed by atoms with van der Waals surface area (Å²) in [6.45, 7) is 5.78. The summed E-state index contributed by atoms with van der Waals surface area (Å²) in [5.74, 6) is -1.19. The minimum atomic E-state index is -1.23. The van der Waals surface area contributed by atoms with Gasteiger partial charge in [-0.05, 0) is 6.92 Å². The second kappa shape index (κ2) is 14.2. The van der Waals surface area contributed by atoms with E-state index in [2.05, 4.69) is 13.8 Å². The zero-order valence-corrected chi connectivity index (χ0v) is 13.0. The molecular formula is C11H24O3Sn. The van der Waals surface area contributed by atoms with Crippen molar-refractivity contribution >= 4 is 27.1 Å². The van der Waals surface area contributed by atoms with Gasteiger partial charge in [0.2, 0.25) is 0 Å². The molecule has 0 aliphatic heterocycles. The fourth-order valence-corrected chi connectivity index (χ4v) is 4.89. The average molecular weight is 323 g/mol. The van der Waals surface area contributed by atoms with Crippen LogP contribution >= 0.6 is 0 Å². The Morgan fingerprint density at radius 3 is 1.73 bits per heavy atom. The van der Waals surface area contributed by atoms with Crippen LogP contribution in [0.4, 0.5) is 0 Å². The molecule has 0 saturated carbocycles. The molecule has 1 unspecified atom stereocenters. The number of aliphatic carboxylic acids is 1. The van der Waals surface area contributed by atoms with Crippen molar-refractivity contribution in [2.45, 2.75) is 61.4 Å². The number of carboxylic acids is 1. The Morgan fingerprint density at radius 1 is 1.20 bits per heavy atom. The van der Waals surface area contributed by atoms with Crippen LogP contribution in [0.2, 0.25) is 8.87 Å². The van der Waals surface area contributed by atoms with E-state index < -0.39 is 12.1 Å². The zero-order chi connectivity index (χ0) is 12.1. The third-order valence-corrected chi connectivity index (χ3v) is 5.81. The minimum absolute atomic E-state index is 0.149. The Kier molecular flexibility index (Phi) is 16.7. The molecule has 15 heavy (non-hydrogen) atoms. The monoisotopic (exact) mass is 324 g/mol. The summed E-state index contributed by atoms with van der Waals surface area (Å²) in [6.07, 6.45) is 4.61. The van der Waals surface area contributed by atoms with Gasteiger partial charge in [-0.25, -0.2) is 4.79 Å². The van der Waals surface area contributed by atoms with E-state index in [9.17, 15) is 4.79 Å². The van der Waals surface area contributed by atoms with Gasteiger partial charge in [-0.15, -0.1) is 0 Å². The maximum atomic E-state index is 9.45. The molecular weight excluding hydrogens is 299 g/mol. The normalized spacial score (nSPS) is 11.5. The Balaban J connectivity index is 0. The zero-order valence-electron chi connectivity index (χ0n) is 10.1. The number of hydrogen-bond donors (Lipinski definition) is 2. The van der Waals surface area contributed by atoms with Gasteiger partial charge in [0.05, 0.1) is 0 Å². The van der Waals surface area contributed by atoms with Crippen molar-refractivity contribution in [1.29, 1.82) is 0 Å². The molecule has 90 valence electrons. The van der Waals surface area contributed by atoms with Crippen molar-refractivity contribution in [2.75, 3.05) is 0 Å². The van der Waals surface area contributed by atoms with E-state index in [1.54, 1.807) is 8.87 Å². The molecule has 1 atom stereocenters. The SMILES string of the molecule is CC(O)C(=O)O.CCC[CH2][Sn][CH2]CCC. The van der Waals surface area contributed by atoms with Crippen molar-refractivity contribution in [2.24, 2.45) is 0 Å². The summed E-state index contributed by atoms with van der Waals surface area (Å²) < 4.78 is 3.25. The van der Waals surface area contributed by atoms with Crippen molar-refractivity contribution in [3.05, 3.63) is 0 Å². The van der Waals surface area contributed by atoms with Gasteiger partial charge in [0.15, 0.2) is 0 Å². The molecule has 0 spiro atoms. The van der Waals surface area contributed by atoms with Crippen LogP contribution in [-0.2, 0) is 4.79 Å². The standard InChI is InChI=1S/2C4H9.C3H6O3.Sn/c2*1-3-4-2;1-2(4)3(5)6;/h2*1,3-4H2,2H3;2,4H,1H3,(H,5,6);. The molecule has 0 fully saturated rings. The Hall–Kier alpha value is 0.229. The molecule has 0 heterocycles. The summed E-state index contributed by atoms with van der Waals surface area (Å²) in [4.78, 5) is 9.45. The first-order valence-corrected chi connectivity index (χ1v) is 9.71. The summed E-state index contributed by atoms with van der Waals surface area (Å²) in [5, 5.41) is 15.8. The number of hydrogen-bond acceptors (Lipinski definition) is 2. The number of aliphatic hydroxyl groups excluding tert-OH is 1. The van der Waals surface area contributed by atoms with E-state index in [1.807, 2.05) is 0 Å². The molecule has 0 aliphatic rings. The van der Waals surface area contributed by atoms with Gasteiger partial charge in [-0.1, -0.05) is 0 Å². The van der Waals surface area contributed by atoms with E-state index in [0.717, 1.165) is 0 Å². The predicted octanol–water partition coefficient (Wildman–Crippen LogP) is 2.58. The van der Waals surface area contributed by atoms with Crippen LogP contribution in [0.15, 0.2) is 0 Å². The third kappa shape index (κ3) is 20.3. The van der Waals surface area contributed by atoms with E-state index in [-0.39, 0.29) is 21.1 Å². The van der Waals surface area contributed by atoms with Crippen LogP contribution in [0.1, 0.15) is 46.5 Å². The molecule has 0 amide bonds. The summed E-state index contributed by atoms with van der Waals surface area (Å²) in [7, 11) is 0. The van der Waals surface area contributed by atoms with Crippen LogP contribution in [0.5, 0.6) is 0 Å². The number of unbranched alkanes of at least 4 members (excludes halogenated alkanes) is 2. The number of carbonyl (C=O) groups is 1. The van der Waals surface area contributed by atoms with Crippen molar-refractivity contribution < 1.29 is 15.0 Å². The van der Waals surface area contributed by atoms with Crippen LogP contribution in [0, 0.1) is 0 Å². The van der Waals surface area contributed by atoms with Crippen LogP contribution in [-0.4, -0.2) is 43.4 Å². The molecule has 4 heteroatoms. The molecule has 0 aromatic rings. The summed E-state index contributed by atoms with van der Waals surface area (Å²) in [5.41, 5.74) is 0. The Bertz CT molecular complexity index is 132. The molecule has 0 bridgehead atoms. The molecule has 0 aromatic carbocycles. The van der Waals surface area contributed by atoms with Gasteiger partial charge in [0.1, 0.15) is 6.10 Å². The van der Waals surface area contributed by atoms with Crippen molar-refractivity contribution in [1.82, 2.24) is 0 Å². The average Bonchev–Trinajstić information content (AvgIpc) is 2.18. The van der Waals surface area contributed by atoms with Crippen molar-refractivity contribution in [3.8, 4) is 0 Å². The van der Waals surface area contributed by atoms with Crippen LogP contribution in [0.3, 0.4) is 0 Å². The fourth-order valence-electron chi connectivity index (χ4n) is 0.729. The van der Waals surface area contributed by atoms with Gasteiger partial charge in [0, 0.05) is 0 Å². The first-order valence-electron chi connectivity index (χ1n) is 5.67. The molecule has 0 aliphatic carbocycles. The summed E-state index contributed by atoms with van der Waals surface area (Å²) in [6, 6.07) is 0. The molecule has 3 nitrogen and oxygen atoms in total. The van der Waals surface area contributed by atoms with E-state index in [1.165, 1.54) is 32.6 Å². The Morgan fingerprint density at radius 2 is 1.53 bits per heavy atom. The number of rotatable bonds is 7. The molecule has 2 N–H and O–H groups in total. The van der Waals surface area contributed by atoms with Gasteiger partial charge in [-0.3, -0.25) is 0 Å². The second-order valence-electron chi connectivity index (χ2n) is 3.47. The van der Waals surface area contributed by atoms with Gasteiger partial charge in [0.25, 0.3) is 0 Å². The van der Waals surface area contributed by atoms with Gasteiger partial charge >= 0.3 is 75.5 Å². The number of carboxylic acid groups (broad SMARTS) is 1. The van der Waals surface area contributed by atoms with E-state index in [4.69, 9.17) is 10.2 Å². The topological polar surface area (TPSA) is 57.5 Å². The molecule has 0 saturated heterocycles. The first kappa shape index (κ1) is 17.6. The maximum absolute atomic E-state index is 9.45. The molecule has 0 aromatic heterocycles. The fraction of sp³-hybridized carbons (Fsp3) is 0.909. The van der Waals surface area contributed by atoms with Crippen molar-refractivity contribution in [3.63, 3.8) is 0 Å². The van der Waals surface area contributed by atoms with E-state index >= 15 is 0 Å². The van der Waals surface area contributed by atoms with E-state index in [0.29, 0.717) is 0 Å². The first-order chi connectivity index (χ1) is 7.06. The number of aliphatic hydroxyl groups is 1. The van der Waals surface area contributed by atoms with Gasteiger partial charge < -0.3 is 10.2 Å². The van der Waals surface area contributed by atoms with Crippen LogP contribution in [0.25, 0.3) is 0 Å². The second-order valence-corrected chi connectivity index (χ2v) is 7.75.